The first-order valence-corrected chi connectivity index (χ1v) is 5.78. The SMILES string of the molecule is CB(C)O.CB(C)O.COB(C)O.COB(C)O. The van der Waals surface area contributed by atoms with Crippen LogP contribution < -0.4 is 0 Å². The van der Waals surface area contributed by atoms with Crippen molar-refractivity contribution < 1.29 is 29.4 Å². The molecule has 0 atom stereocenters. The zero-order chi connectivity index (χ0) is 15.7. The minimum atomic E-state index is -0.616. The summed E-state index contributed by atoms with van der Waals surface area (Å²) in [5.41, 5.74) is 0. The highest BCUT2D eigenvalue weighted by atomic mass is 16.5. The monoisotopic (exact) mass is 264 g/mol. The van der Waals surface area contributed by atoms with Crippen LogP contribution in [0.25, 0.3) is 0 Å². The van der Waals surface area contributed by atoms with Gasteiger partial charge < -0.3 is 29.4 Å². The molecule has 0 aliphatic carbocycles. The fraction of sp³-hybridized carbons (Fsp3) is 1.00. The van der Waals surface area contributed by atoms with Crippen LogP contribution in [-0.2, 0) is 9.31 Å². The van der Waals surface area contributed by atoms with Gasteiger partial charge in [0.25, 0.3) is 13.8 Å². The molecular weight excluding hydrogens is 235 g/mol. The average molecular weight is 264 g/mol. The van der Waals surface area contributed by atoms with Crippen LogP contribution in [0.4, 0.5) is 0 Å². The molecule has 108 valence electrons. The Labute approximate surface area is 113 Å². The first kappa shape index (κ1) is 26.6. The summed E-state index contributed by atoms with van der Waals surface area (Å²) in [6.45, 7) is 9.67. The van der Waals surface area contributed by atoms with Gasteiger partial charge >= 0.3 is 14.2 Å². The van der Waals surface area contributed by atoms with E-state index in [1.165, 1.54) is 14.2 Å². The molecule has 0 rings (SSSR count). The highest BCUT2D eigenvalue weighted by Gasteiger charge is 1.94. The van der Waals surface area contributed by atoms with Crippen LogP contribution in [0.1, 0.15) is 0 Å². The highest BCUT2D eigenvalue weighted by molar-refractivity contribution is 6.47. The van der Waals surface area contributed by atoms with Gasteiger partial charge in [-0.25, -0.2) is 0 Å². The van der Waals surface area contributed by atoms with Crippen LogP contribution in [0.2, 0.25) is 40.9 Å². The summed E-state index contributed by atoms with van der Waals surface area (Å²) >= 11 is 0. The molecule has 0 spiro atoms. The van der Waals surface area contributed by atoms with Crippen molar-refractivity contribution >= 4 is 28.1 Å². The normalized spacial score (nSPS) is 7.33. The summed E-state index contributed by atoms with van der Waals surface area (Å²) in [5, 5.41) is 32.4. The van der Waals surface area contributed by atoms with Gasteiger partial charge in [0.2, 0.25) is 0 Å². The smallest absolute Gasteiger partial charge is 0.450 e. The second-order valence-electron chi connectivity index (χ2n) is 3.86. The fourth-order valence-corrected chi connectivity index (χ4v) is 0. The Morgan fingerprint density at radius 2 is 0.611 bits per heavy atom. The van der Waals surface area contributed by atoms with Crippen LogP contribution in [-0.4, -0.2) is 62.4 Å². The molecule has 0 fully saturated rings. The van der Waals surface area contributed by atoms with E-state index in [2.05, 4.69) is 9.31 Å². The van der Waals surface area contributed by atoms with Gasteiger partial charge in [-0.1, -0.05) is 27.3 Å². The lowest BCUT2D eigenvalue weighted by Gasteiger charge is -1.87. The van der Waals surface area contributed by atoms with Crippen LogP contribution in [0.3, 0.4) is 0 Å². The molecule has 18 heavy (non-hydrogen) atoms. The number of rotatable bonds is 2. The molecule has 0 unspecified atom stereocenters. The van der Waals surface area contributed by atoms with Crippen LogP contribution >= 0.6 is 0 Å². The first-order chi connectivity index (χ1) is 8.00. The third kappa shape index (κ3) is 224. The largest absolute Gasteiger partial charge is 0.451 e. The van der Waals surface area contributed by atoms with Crippen LogP contribution in [0.15, 0.2) is 0 Å². The topological polar surface area (TPSA) is 99.4 Å². The van der Waals surface area contributed by atoms with Crippen LogP contribution in [0, 0.1) is 0 Å². The van der Waals surface area contributed by atoms with Crippen molar-refractivity contribution in [1.82, 2.24) is 0 Å². The Balaban J connectivity index is -0.0000000731. The minimum absolute atomic E-state index is 0.167. The molecule has 0 heterocycles. The summed E-state index contributed by atoms with van der Waals surface area (Å²) in [6, 6.07) is 0. The standard InChI is InChI=1S/2C2H7BO2.2C2H7BO/c2*1-3(4)5-2;2*1-3(2)4/h2*4H,1-2H3;2*4H,1-2H3. The maximum Gasteiger partial charge on any atom is 0.450 e. The van der Waals surface area contributed by atoms with E-state index in [0.717, 1.165) is 0 Å². The van der Waals surface area contributed by atoms with Gasteiger partial charge in [-0.3, -0.25) is 0 Å². The third-order valence-electron chi connectivity index (χ3n) is 0.682. The Bertz CT molecular complexity index is 107. The zero-order valence-corrected chi connectivity index (χ0v) is 12.9. The zero-order valence-electron chi connectivity index (χ0n) is 12.9. The Hall–Kier alpha value is 0.0197. The maximum atomic E-state index is 8.14. The minimum Gasteiger partial charge on any atom is -0.451 e. The highest BCUT2D eigenvalue weighted by Crippen LogP contribution is 1.67. The summed E-state index contributed by atoms with van der Waals surface area (Å²) in [4.78, 5) is 0. The van der Waals surface area contributed by atoms with Crippen molar-refractivity contribution in [1.29, 1.82) is 0 Å². The molecule has 0 aliphatic rings. The van der Waals surface area contributed by atoms with Crippen molar-refractivity contribution in [3.63, 3.8) is 0 Å². The molecule has 0 aromatic carbocycles. The fourth-order valence-electron chi connectivity index (χ4n) is 0. The first-order valence-electron chi connectivity index (χ1n) is 5.78. The van der Waals surface area contributed by atoms with Crippen molar-refractivity contribution in [2.24, 2.45) is 0 Å². The molecule has 0 saturated carbocycles. The quantitative estimate of drug-likeness (QED) is 0.521. The Kier molecular flexibility index (Phi) is 32.8. The van der Waals surface area contributed by atoms with Crippen LogP contribution in [0.5, 0.6) is 0 Å². The van der Waals surface area contributed by atoms with E-state index >= 15 is 0 Å². The van der Waals surface area contributed by atoms with Crippen molar-refractivity contribution in [3.8, 4) is 0 Å². The molecule has 4 N–H and O–H groups in total. The van der Waals surface area contributed by atoms with Crippen molar-refractivity contribution in [2.75, 3.05) is 14.2 Å². The van der Waals surface area contributed by atoms with E-state index in [9.17, 15) is 0 Å². The van der Waals surface area contributed by atoms with Gasteiger partial charge in [-0.15, -0.1) is 0 Å². The van der Waals surface area contributed by atoms with E-state index in [1.54, 1.807) is 40.9 Å². The molecule has 0 amide bonds. The van der Waals surface area contributed by atoms with E-state index in [0.29, 0.717) is 0 Å². The molecule has 0 bridgehead atoms. The lowest BCUT2D eigenvalue weighted by molar-refractivity contribution is 0.334. The molecule has 0 aromatic heterocycles. The third-order valence-corrected chi connectivity index (χ3v) is 0.682. The average Bonchev–Trinajstić information content (AvgIpc) is 2.16. The van der Waals surface area contributed by atoms with Gasteiger partial charge in [0.1, 0.15) is 0 Å². The molecule has 10 heteroatoms. The second-order valence-corrected chi connectivity index (χ2v) is 3.86. The van der Waals surface area contributed by atoms with E-state index in [1.807, 2.05) is 0 Å². The lowest BCUT2D eigenvalue weighted by Crippen LogP contribution is -2.07. The van der Waals surface area contributed by atoms with Crippen molar-refractivity contribution in [3.05, 3.63) is 0 Å². The van der Waals surface area contributed by atoms with E-state index in [-0.39, 0.29) is 13.8 Å². The van der Waals surface area contributed by atoms with Gasteiger partial charge in [0.05, 0.1) is 0 Å². The van der Waals surface area contributed by atoms with Crippen molar-refractivity contribution in [2.45, 2.75) is 40.9 Å². The Morgan fingerprint density at radius 3 is 0.611 bits per heavy atom. The molecule has 0 aliphatic heterocycles. The van der Waals surface area contributed by atoms with E-state index < -0.39 is 14.2 Å². The molecule has 6 nitrogen and oxygen atoms in total. The van der Waals surface area contributed by atoms with Gasteiger partial charge in [0, 0.05) is 14.2 Å². The maximum absolute atomic E-state index is 8.14. The summed E-state index contributed by atoms with van der Waals surface area (Å²) in [7, 11) is 1.67. The predicted molar refractivity (Wildman–Crippen MR) is 81.1 cm³/mol. The Morgan fingerprint density at radius 1 is 0.556 bits per heavy atom. The molecule has 0 saturated heterocycles. The number of hydrogen-bond donors (Lipinski definition) is 4. The molecular formula is C8H28B4O6. The van der Waals surface area contributed by atoms with Gasteiger partial charge in [-0.05, 0) is 13.6 Å². The van der Waals surface area contributed by atoms with Gasteiger partial charge in [-0.2, -0.15) is 0 Å². The predicted octanol–water partition coefficient (Wildman–Crippen LogP) is -0.0542. The summed E-state index contributed by atoms with van der Waals surface area (Å²) < 4.78 is 8.61. The number of hydrogen-bond acceptors (Lipinski definition) is 6. The molecule has 0 aromatic rings. The lowest BCUT2D eigenvalue weighted by atomic mass is 9.76. The summed E-state index contributed by atoms with van der Waals surface area (Å²) in [5.74, 6) is 0. The summed E-state index contributed by atoms with van der Waals surface area (Å²) in [6.07, 6.45) is 0. The van der Waals surface area contributed by atoms with Gasteiger partial charge in [0.15, 0.2) is 0 Å². The second kappa shape index (κ2) is 22.2. The molecule has 0 radical (unpaired) electrons. The van der Waals surface area contributed by atoms with E-state index in [4.69, 9.17) is 20.1 Å².